The largest absolute Gasteiger partial charge is 0.336 e. The third-order valence-corrected chi connectivity index (χ3v) is 2.54. The Hall–Kier alpha value is -1.16. The molecule has 0 aromatic carbocycles. The summed E-state index contributed by atoms with van der Waals surface area (Å²) >= 11 is 5.01. The van der Waals surface area contributed by atoms with Crippen LogP contribution in [0.4, 0.5) is 0 Å². The van der Waals surface area contributed by atoms with Crippen LogP contribution in [-0.2, 0) is 4.79 Å². The molecule has 1 rings (SSSR count). The average molecular weight is 239 g/mol. The van der Waals surface area contributed by atoms with Crippen LogP contribution in [0, 0.1) is 4.64 Å². The topological polar surface area (TPSA) is 31.2 Å². The zero-order valence-electron chi connectivity index (χ0n) is 9.52. The highest BCUT2D eigenvalue weighted by molar-refractivity contribution is 7.71. The molecule has 1 aromatic heterocycles. The van der Waals surface area contributed by atoms with E-state index in [1.54, 1.807) is 18.3 Å². The van der Waals surface area contributed by atoms with Crippen molar-refractivity contribution in [1.29, 1.82) is 0 Å². The first-order valence-electron chi connectivity index (χ1n) is 5.63. The van der Waals surface area contributed by atoms with Gasteiger partial charge in [0.1, 0.15) is 4.64 Å². The Morgan fingerprint density at radius 3 is 2.88 bits per heavy atom. The van der Waals surface area contributed by atoms with Gasteiger partial charge in [0.2, 0.25) is 0 Å². The van der Waals surface area contributed by atoms with Gasteiger partial charge in [0.05, 0.1) is 0 Å². The van der Waals surface area contributed by atoms with Crippen molar-refractivity contribution in [2.45, 2.75) is 39.0 Å². The summed E-state index contributed by atoms with van der Waals surface area (Å²) in [6.07, 6.45) is 6.39. The molecule has 16 heavy (non-hydrogen) atoms. The molecule has 0 aliphatic carbocycles. The van der Waals surface area contributed by atoms with E-state index >= 15 is 0 Å². The van der Waals surface area contributed by atoms with Crippen LogP contribution in [0.1, 0.15) is 39.0 Å². The third-order valence-electron chi connectivity index (χ3n) is 2.22. The van der Waals surface area contributed by atoms with Crippen molar-refractivity contribution >= 4 is 18.2 Å². The van der Waals surface area contributed by atoms with Gasteiger partial charge in [-0.1, -0.05) is 44.5 Å². The van der Waals surface area contributed by atoms with Crippen LogP contribution >= 0.6 is 12.2 Å². The smallest absolute Gasteiger partial charge is 0.332 e. The third kappa shape index (κ3) is 4.57. The van der Waals surface area contributed by atoms with Gasteiger partial charge in [0.15, 0.2) is 0 Å². The molecule has 0 saturated heterocycles. The van der Waals surface area contributed by atoms with Crippen LogP contribution in [0.5, 0.6) is 0 Å². The fraction of sp³-hybridized carbons (Fsp3) is 0.500. The van der Waals surface area contributed by atoms with Crippen LogP contribution in [-0.4, -0.2) is 10.7 Å². The molecule has 0 fully saturated rings. The van der Waals surface area contributed by atoms with Crippen molar-refractivity contribution in [3.63, 3.8) is 0 Å². The van der Waals surface area contributed by atoms with Gasteiger partial charge in [0, 0.05) is 12.6 Å². The number of hydrogen-bond acceptors (Lipinski definition) is 3. The van der Waals surface area contributed by atoms with E-state index in [2.05, 4.69) is 6.92 Å². The van der Waals surface area contributed by atoms with Gasteiger partial charge in [0.25, 0.3) is 0 Å². The Bertz CT molecular complexity index is 387. The monoisotopic (exact) mass is 239 g/mol. The molecule has 0 aliphatic heterocycles. The fourth-order valence-electron chi connectivity index (χ4n) is 1.34. The maximum atomic E-state index is 11.4. The van der Waals surface area contributed by atoms with Crippen molar-refractivity contribution in [3.8, 4) is 0 Å². The second-order valence-corrected chi connectivity index (χ2v) is 4.06. The van der Waals surface area contributed by atoms with Crippen molar-refractivity contribution in [2.75, 3.05) is 0 Å². The minimum Gasteiger partial charge on any atom is -0.336 e. The van der Waals surface area contributed by atoms with Gasteiger partial charge in [-0.25, -0.2) is 4.79 Å². The van der Waals surface area contributed by atoms with Gasteiger partial charge in [-0.05, 0) is 18.6 Å². The number of rotatable bonds is 6. The van der Waals surface area contributed by atoms with Gasteiger partial charge < -0.3 is 4.84 Å². The minimum absolute atomic E-state index is 0.224. The van der Waals surface area contributed by atoms with E-state index in [0.29, 0.717) is 11.1 Å². The summed E-state index contributed by atoms with van der Waals surface area (Å²) in [5, 5.41) is 0. The number of carbonyl (C=O) groups is 1. The molecule has 0 aliphatic rings. The zero-order chi connectivity index (χ0) is 11.8. The number of pyridine rings is 1. The highest BCUT2D eigenvalue weighted by Crippen LogP contribution is 2.02. The number of aromatic nitrogens is 1. The van der Waals surface area contributed by atoms with Crippen molar-refractivity contribution < 1.29 is 9.63 Å². The highest BCUT2D eigenvalue weighted by Gasteiger charge is 2.03. The Kier molecular flexibility index (Phi) is 5.78. The summed E-state index contributed by atoms with van der Waals surface area (Å²) in [4.78, 5) is 16.5. The van der Waals surface area contributed by atoms with E-state index in [4.69, 9.17) is 17.1 Å². The predicted molar refractivity (Wildman–Crippen MR) is 65.6 cm³/mol. The van der Waals surface area contributed by atoms with Crippen molar-refractivity contribution in [2.24, 2.45) is 0 Å². The maximum absolute atomic E-state index is 11.4. The molecule has 1 heterocycles. The van der Waals surface area contributed by atoms with E-state index in [9.17, 15) is 4.79 Å². The standard InChI is InChI=1S/C12H17NO2S/c1-2-3-4-5-9-12(14)15-13-10-7-6-8-11(13)16/h6-8,10H,2-5,9H2,1H3. The molecular formula is C12H17NO2S. The number of hydrogen-bond donors (Lipinski definition) is 0. The van der Waals surface area contributed by atoms with E-state index < -0.39 is 0 Å². The molecule has 0 N–H and O–H groups in total. The zero-order valence-corrected chi connectivity index (χ0v) is 10.3. The molecule has 0 amide bonds. The Labute approximate surface area is 101 Å². The molecule has 0 bridgehead atoms. The summed E-state index contributed by atoms with van der Waals surface area (Å²) in [6.45, 7) is 2.14. The van der Waals surface area contributed by atoms with E-state index in [-0.39, 0.29) is 5.97 Å². The lowest BCUT2D eigenvalue weighted by Gasteiger charge is -2.06. The molecule has 0 radical (unpaired) electrons. The number of unbranched alkanes of at least 4 members (excludes halogenated alkanes) is 3. The first-order valence-corrected chi connectivity index (χ1v) is 6.03. The Balaban J connectivity index is 2.35. The number of nitrogens with zero attached hydrogens (tertiary/aromatic N) is 1. The molecule has 0 spiro atoms. The molecule has 4 heteroatoms. The molecule has 0 saturated carbocycles. The van der Waals surface area contributed by atoms with Gasteiger partial charge in [-0.2, -0.15) is 4.73 Å². The summed E-state index contributed by atoms with van der Waals surface area (Å²) in [5.74, 6) is -0.224. The normalized spacial score (nSPS) is 10.1. The van der Waals surface area contributed by atoms with E-state index in [1.807, 2.05) is 6.07 Å². The fourth-order valence-corrected chi connectivity index (χ4v) is 1.52. The van der Waals surface area contributed by atoms with E-state index in [0.717, 1.165) is 19.3 Å². The van der Waals surface area contributed by atoms with Gasteiger partial charge in [-0.15, -0.1) is 0 Å². The minimum atomic E-state index is -0.224. The molecule has 1 aromatic rings. The average Bonchev–Trinajstić information content (AvgIpc) is 2.28. The van der Waals surface area contributed by atoms with Crippen LogP contribution in [0.2, 0.25) is 0 Å². The lowest BCUT2D eigenvalue weighted by Crippen LogP contribution is -2.19. The van der Waals surface area contributed by atoms with Crippen LogP contribution in [0.15, 0.2) is 24.4 Å². The maximum Gasteiger partial charge on any atom is 0.332 e. The molecule has 3 nitrogen and oxygen atoms in total. The predicted octanol–water partition coefficient (Wildman–Crippen LogP) is 3.14. The lowest BCUT2D eigenvalue weighted by molar-refractivity contribution is -0.144. The molecule has 88 valence electrons. The van der Waals surface area contributed by atoms with Gasteiger partial charge >= 0.3 is 5.97 Å². The summed E-state index contributed by atoms with van der Waals surface area (Å²) in [7, 11) is 0. The molecular weight excluding hydrogens is 222 g/mol. The summed E-state index contributed by atoms with van der Waals surface area (Å²) in [5.41, 5.74) is 0. The summed E-state index contributed by atoms with van der Waals surface area (Å²) in [6, 6.07) is 5.31. The van der Waals surface area contributed by atoms with Crippen LogP contribution < -0.4 is 4.84 Å². The molecule has 0 atom stereocenters. The quantitative estimate of drug-likeness (QED) is 0.564. The van der Waals surface area contributed by atoms with Gasteiger partial charge in [-0.3, -0.25) is 0 Å². The highest BCUT2D eigenvalue weighted by atomic mass is 32.1. The van der Waals surface area contributed by atoms with Crippen molar-refractivity contribution in [3.05, 3.63) is 29.0 Å². The number of carbonyl (C=O) groups excluding carboxylic acids is 1. The van der Waals surface area contributed by atoms with Crippen molar-refractivity contribution in [1.82, 2.24) is 4.73 Å². The second kappa shape index (κ2) is 7.17. The Morgan fingerprint density at radius 2 is 2.19 bits per heavy atom. The Morgan fingerprint density at radius 1 is 1.38 bits per heavy atom. The first-order chi connectivity index (χ1) is 7.74. The van der Waals surface area contributed by atoms with E-state index in [1.165, 1.54) is 11.2 Å². The molecule has 0 unspecified atom stereocenters. The first kappa shape index (κ1) is 12.9. The van der Waals surface area contributed by atoms with Crippen LogP contribution in [0.25, 0.3) is 0 Å². The summed E-state index contributed by atoms with van der Waals surface area (Å²) < 4.78 is 1.83. The SMILES string of the molecule is CCCCCCC(=O)On1ccccc1=S. The van der Waals surface area contributed by atoms with Crippen LogP contribution in [0.3, 0.4) is 0 Å². The lowest BCUT2D eigenvalue weighted by atomic mass is 10.2. The second-order valence-electron chi connectivity index (χ2n) is 3.64.